The summed E-state index contributed by atoms with van der Waals surface area (Å²) in [7, 11) is 0. The number of ether oxygens (including phenoxy) is 3. The number of hydrogen-bond acceptors (Lipinski definition) is 7. The molecule has 8 nitrogen and oxygen atoms in total. The molecule has 1 N–H and O–H groups in total. The number of Topliss-reactive ketones (excluding diaryl/α,β-unsaturated/α-hetero) is 1. The van der Waals surface area contributed by atoms with Gasteiger partial charge in [0.2, 0.25) is 0 Å². The summed E-state index contributed by atoms with van der Waals surface area (Å²) in [6.45, 7) is 11.4. The summed E-state index contributed by atoms with van der Waals surface area (Å²) in [4.78, 5) is 30.5. The van der Waals surface area contributed by atoms with E-state index in [-0.39, 0.29) is 11.3 Å². The average molecular weight is 551 g/mol. The van der Waals surface area contributed by atoms with Crippen molar-refractivity contribution in [2.45, 2.75) is 46.1 Å². The minimum Gasteiger partial charge on any atom is -0.507 e. The molecule has 2 aromatic carbocycles. The number of amides is 1. The van der Waals surface area contributed by atoms with Crippen molar-refractivity contribution in [1.82, 2.24) is 9.80 Å². The van der Waals surface area contributed by atoms with Gasteiger partial charge in [-0.05, 0) is 54.3 Å². The van der Waals surface area contributed by atoms with E-state index in [2.05, 4.69) is 25.7 Å². The second-order valence-corrected chi connectivity index (χ2v) is 10.8. The van der Waals surface area contributed by atoms with Gasteiger partial charge in [-0.15, -0.1) is 0 Å². The molecular weight excluding hydrogens is 508 g/mol. The van der Waals surface area contributed by atoms with Crippen LogP contribution in [0.15, 0.2) is 54.1 Å². The summed E-state index contributed by atoms with van der Waals surface area (Å²) in [5.74, 6) is 0.340. The standard InChI is InChI=1S/C32H42N2O6/c1-4-5-6-19-39-26-11-7-24(8-12-26)29-28(30(35)25-9-13-27(14-10-25)40-22-23(2)3)31(36)32(37)34(29)16-15-33-17-20-38-21-18-33/h7-14,23,29,35H,4-6,15-22H2,1-3H3. The maximum Gasteiger partial charge on any atom is 0.295 e. The largest absolute Gasteiger partial charge is 0.507 e. The molecule has 2 aliphatic heterocycles. The zero-order valence-corrected chi connectivity index (χ0v) is 23.9. The second-order valence-electron chi connectivity index (χ2n) is 10.8. The van der Waals surface area contributed by atoms with Crippen LogP contribution in [0.4, 0.5) is 0 Å². The maximum atomic E-state index is 13.4. The van der Waals surface area contributed by atoms with Gasteiger partial charge in [0.15, 0.2) is 0 Å². The number of benzene rings is 2. The van der Waals surface area contributed by atoms with Crippen molar-refractivity contribution in [1.29, 1.82) is 0 Å². The van der Waals surface area contributed by atoms with Crippen LogP contribution in [-0.4, -0.2) is 79.2 Å². The van der Waals surface area contributed by atoms with Crippen molar-refractivity contribution < 1.29 is 28.9 Å². The molecule has 8 heteroatoms. The average Bonchev–Trinajstić information content (AvgIpc) is 3.23. The highest BCUT2D eigenvalue weighted by Gasteiger charge is 2.46. The number of nitrogens with zero attached hydrogens (tertiary/aromatic N) is 2. The van der Waals surface area contributed by atoms with Crippen LogP contribution in [0, 0.1) is 5.92 Å². The highest BCUT2D eigenvalue weighted by Crippen LogP contribution is 2.40. The third-order valence-electron chi connectivity index (χ3n) is 7.22. The fraction of sp³-hybridized carbons (Fsp3) is 0.500. The Morgan fingerprint density at radius 3 is 2.25 bits per heavy atom. The first-order valence-electron chi connectivity index (χ1n) is 14.4. The van der Waals surface area contributed by atoms with E-state index in [1.165, 1.54) is 0 Å². The fourth-order valence-electron chi connectivity index (χ4n) is 4.95. The Morgan fingerprint density at radius 2 is 1.60 bits per heavy atom. The number of carbonyl (C=O) groups excluding carboxylic acids is 2. The first-order chi connectivity index (χ1) is 19.4. The number of likely N-dealkylation sites (tertiary alicyclic amines) is 1. The van der Waals surface area contributed by atoms with Crippen LogP contribution in [0.1, 0.15) is 57.2 Å². The Morgan fingerprint density at radius 1 is 0.950 bits per heavy atom. The number of hydrogen-bond donors (Lipinski definition) is 1. The Labute approximate surface area is 237 Å². The summed E-state index contributed by atoms with van der Waals surface area (Å²) in [6.07, 6.45) is 3.22. The molecule has 0 spiro atoms. The van der Waals surface area contributed by atoms with E-state index in [1.54, 1.807) is 29.2 Å². The van der Waals surface area contributed by atoms with Crippen molar-refractivity contribution in [2.24, 2.45) is 5.92 Å². The maximum absolute atomic E-state index is 13.4. The number of ketones is 1. The molecular formula is C32H42N2O6. The molecule has 2 saturated heterocycles. The zero-order valence-electron chi connectivity index (χ0n) is 23.9. The molecule has 0 saturated carbocycles. The monoisotopic (exact) mass is 550 g/mol. The van der Waals surface area contributed by atoms with E-state index in [4.69, 9.17) is 14.2 Å². The minimum atomic E-state index is -0.702. The molecule has 2 fully saturated rings. The Bertz CT molecular complexity index is 1150. The first kappa shape index (κ1) is 29.6. The Kier molecular flexibility index (Phi) is 10.6. The summed E-state index contributed by atoms with van der Waals surface area (Å²) in [5.41, 5.74) is 1.31. The molecule has 1 amide bonds. The molecule has 0 bridgehead atoms. The molecule has 0 aliphatic carbocycles. The van der Waals surface area contributed by atoms with Crippen molar-refractivity contribution >= 4 is 17.4 Å². The molecule has 2 aliphatic rings. The van der Waals surface area contributed by atoms with E-state index in [1.807, 2.05) is 24.3 Å². The quantitative estimate of drug-likeness (QED) is 0.162. The van der Waals surface area contributed by atoms with Gasteiger partial charge in [-0.1, -0.05) is 45.7 Å². The number of aliphatic hydroxyl groups is 1. The molecule has 1 unspecified atom stereocenters. The third-order valence-corrected chi connectivity index (χ3v) is 7.22. The van der Waals surface area contributed by atoms with Crippen molar-refractivity contribution in [3.05, 3.63) is 65.2 Å². The van der Waals surface area contributed by atoms with Gasteiger partial charge < -0.3 is 24.2 Å². The number of rotatable bonds is 13. The predicted molar refractivity (Wildman–Crippen MR) is 155 cm³/mol. The van der Waals surface area contributed by atoms with Gasteiger partial charge in [-0.25, -0.2) is 0 Å². The van der Waals surface area contributed by atoms with E-state index in [0.29, 0.717) is 56.7 Å². The Balaban J connectivity index is 1.62. The zero-order chi connectivity index (χ0) is 28.5. The smallest absolute Gasteiger partial charge is 0.295 e. The molecule has 2 heterocycles. The highest BCUT2D eigenvalue weighted by atomic mass is 16.5. The summed E-state index contributed by atoms with van der Waals surface area (Å²) < 4.78 is 17.1. The summed E-state index contributed by atoms with van der Waals surface area (Å²) in [6, 6.07) is 13.8. The van der Waals surface area contributed by atoms with Crippen LogP contribution >= 0.6 is 0 Å². The van der Waals surface area contributed by atoms with Gasteiger partial charge in [0.25, 0.3) is 11.7 Å². The third kappa shape index (κ3) is 7.43. The molecule has 0 radical (unpaired) electrons. The molecule has 216 valence electrons. The number of aliphatic hydroxyl groups excluding tert-OH is 1. The van der Waals surface area contributed by atoms with Gasteiger partial charge >= 0.3 is 0 Å². The molecule has 40 heavy (non-hydrogen) atoms. The normalized spacial score (nSPS) is 19.4. The molecule has 0 aromatic heterocycles. The SMILES string of the molecule is CCCCCOc1ccc(C2C(=C(O)c3ccc(OCC(C)C)cc3)C(=O)C(=O)N2CCN2CCOCC2)cc1. The lowest BCUT2D eigenvalue weighted by Crippen LogP contribution is -2.42. The van der Waals surface area contributed by atoms with Crippen LogP contribution in [-0.2, 0) is 14.3 Å². The molecule has 4 rings (SSSR count). The lowest BCUT2D eigenvalue weighted by atomic mass is 9.95. The Hall–Kier alpha value is -3.36. The van der Waals surface area contributed by atoms with Crippen LogP contribution in [0.25, 0.3) is 5.76 Å². The first-order valence-corrected chi connectivity index (χ1v) is 14.4. The molecule has 1 atom stereocenters. The van der Waals surface area contributed by atoms with Crippen LogP contribution in [0.3, 0.4) is 0 Å². The van der Waals surface area contributed by atoms with Crippen molar-refractivity contribution in [3.63, 3.8) is 0 Å². The fourth-order valence-corrected chi connectivity index (χ4v) is 4.95. The van der Waals surface area contributed by atoms with Gasteiger partial charge in [-0.2, -0.15) is 0 Å². The lowest BCUT2D eigenvalue weighted by molar-refractivity contribution is -0.140. The number of morpholine rings is 1. The highest BCUT2D eigenvalue weighted by molar-refractivity contribution is 6.46. The van der Waals surface area contributed by atoms with Crippen LogP contribution in [0.5, 0.6) is 11.5 Å². The number of carbonyl (C=O) groups is 2. The summed E-state index contributed by atoms with van der Waals surface area (Å²) >= 11 is 0. The van der Waals surface area contributed by atoms with E-state index < -0.39 is 17.7 Å². The topological polar surface area (TPSA) is 88.5 Å². The number of unbranched alkanes of at least 4 members (excludes halogenated alkanes) is 2. The van der Waals surface area contributed by atoms with Gasteiger partial charge in [0, 0.05) is 31.7 Å². The second kappa shape index (κ2) is 14.3. The van der Waals surface area contributed by atoms with Crippen LogP contribution in [0.2, 0.25) is 0 Å². The van der Waals surface area contributed by atoms with Gasteiger partial charge in [0.05, 0.1) is 38.0 Å². The predicted octanol–water partition coefficient (Wildman–Crippen LogP) is 5.04. The van der Waals surface area contributed by atoms with Crippen molar-refractivity contribution in [3.8, 4) is 11.5 Å². The van der Waals surface area contributed by atoms with E-state index >= 15 is 0 Å². The minimum absolute atomic E-state index is 0.0967. The van der Waals surface area contributed by atoms with Crippen LogP contribution < -0.4 is 9.47 Å². The van der Waals surface area contributed by atoms with Gasteiger partial charge in [-0.3, -0.25) is 14.5 Å². The van der Waals surface area contributed by atoms with E-state index in [0.717, 1.165) is 43.7 Å². The van der Waals surface area contributed by atoms with E-state index in [9.17, 15) is 14.7 Å². The summed E-state index contributed by atoms with van der Waals surface area (Å²) in [5, 5.41) is 11.4. The molecule has 2 aromatic rings. The van der Waals surface area contributed by atoms with Crippen molar-refractivity contribution in [2.75, 3.05) is 52.6 Å². The lowest BCUT2D eigenvalue weighted by Gasteiger charge is -2.31. The van der Waals surface area contributed by atoms with Gasteiger partial charge in [0.1, 0.15) is 17.3 Å².